The minimum Gasteiger partial charge on any atom is -0.454 e. The second-order valence-corrected chi connectivity index (χ2v) is 5.71. The number of nitrogens with zero attached hydrogens (tertiary/aromatic N) is 2. The summed E-state index contributed by atoms with van der Waals surface area (Å²) < 4.78 is 24.6. The first-order valence-electron chi connectivity index (χ1n) is 8.21. The topological polar surface area (TPSA) is 78.7 Å². The minimum atomic E-state index is -0.410. The van der Waals surface area contributed by atoms with E-state index < -0.39 is 5.82 Å². The predicted molar refractivity (Wildman–Crippen MR) is 95.6 cm³/mol. The molecule has 0 radical (unpaired) electrons. The average Bonchev–Trinajstić information content (AvgIpc) is 3.13. The Bertz CT molecular complexity index is 861. The standard InChI is InChI=1S/C19H19FN4O2/c1-22-19(24-11-15-4-2-14(10-21)8-16(15)20)23-7-6-13-3-5-17-18(9-13)26-12-25-17/h2-5,8-9H,6-7,11-12H2,1H3,(H2,22,23,24). The number of hydrogen-bond donors (Lipinski definition) is 2. The largest absolute Gasteiger partial charge is 0.454 e. The molecule has 7 heteroatoms. The average molecular weight is 354 g/mol. The van der Waals surface area contributed by atoms with E-state index in [1.807, 2.05) is 24.3 Å². The van der Waals surface area contributed by atoms with Gasteiger partial charge in [-0.15, -0.1) is 0 Å². The first-order chi connectivity index (χ1) is 12.7. The van der Waals surface area contributed by atoms with E-state index in [9.17, 15) is 4.39 Å². The van der Waals surface area contributed by atoms with Gasteiger partial charge in [0.15, 0.2) is 17.5 Å². The number of benzene rings is 2. The van der Waals surface area contributed by atoms with E-state index in [1.54, 1.807) is 19.2 Å². The van der Waals surface area contributed by atoms with Crippen molar-refractivity contribution in [1.82, 2.24) is 10.6 Å². The predicted octanol–water partition coefficient (Wildman–Crippen LogP) is 2.33. The Morgan fingerprint density at radius 2 is 2.04 bits per heavy atom. The first-order valence-corrected chi connectivity index (χ1v) is 8.21. The Morgan fingerprint density at radius 1 is 1.19 bits per heavy atom. The maximum atomic E-state index is 13.9. The maximum Gasteiger partial charge on any atom is 0.231 e. The third-order valence-corrected chi connectivity index (χ3v) is 4.00. The van der Waals surface area contributed by atoms with Crippen molar-refractivity contribution < 1.29 is 13.9 Å². The van der Waals surface area contributed by atoms with Gasteiger partial charge in [-0.05, 0) is 36.2 Å². The third kappa shape index (κ3) is 4.22. The Kier molecular flexibility index (Phi) is 5.54. The van der Waals surface area contributed by atoms with Gasteiger partial charge in [0, 0.05) is 25.7 Å². The van der Waals surface area contributed by atoms with Crippen LogP contribution in [-0.4, -0.2) is 26.3 Å². The monoisotopic (exact) mass is 354 g/mol. The SMILES string of the molecule is CN=C(NCCc1ccc2c(c1)OCO2)NCc1ccc(C#N)cc1F. The molecule has 0 fully saturated rings. The van der Waals surface area contributed by atoms with Crippen molar-refractivity contribution in [1.29, 1.82) is 5.26 Å². The first kappa shape index (κ1) is 17.5. The summed E-state index contributed by atoms with van der Waals surface area (Å²) in [6.07, 6.45) is 0.780. The molecule has 2 aromatic rings. The number of hydrogen-bond acceptors (Lipinski definition) is 4. The van der Waals surface area contributed by atoms with Gasteiger partial charge in [-0.25, -0.2) is 4.39 Å². The Balaban J connectivity index is 1.48. The molecule has 0 bridgehead atoms. The zero-order chi connectivity index (χ0) is 18.4. The Labute approximate surface area is 151 Å². The minimum absolute atomic E-state index is 0.263. The van der Waals surface area contributed by atoms with E-state index in [4.69, 9.17) is 14.7 Å². The van der Waals surface area contributed by atoms with Gasteiger partial charge in [0.05, 0.1) is 11.6 Å². The zero-order valence-electron chi connectivity index (χ0n) is 14.4. The fourth-order valence-corrected chi connectivity index (χ4v) is 2.58. The molecule has 2 N–H and O–H groups in total. The molecule has 0 atom stereocenters. The normalized spacial score (nSPS) is 12.6. The molecule has 134 valence electrons. The molecule has 1 aliphatic heterocycles. The van der Waals surface area contributed by atoms with Gasteiger partial charge in [0.2, 0.25) is 6.79 Å². The summed E-state index contributed by atoms with van der Waals surface area (Å²) >= 11 is 0. The van der Waals surface area contributed by atoms with Crippen molar-refractivity contribution in [2.45, 2.75) is 13.0 Å². The van der Waals surface area contributed by atoms with Crippen LogP contribution in [-0.2, 0) is 13.0 Å². The zero-order valence-corrected chi connectivity index (χ0v) is 14.4. The molecule has 1 aliphatic rings. The van der Waals surface area contributed by atoms with Crippen LogP contribution in [0.1, 0.15) is 16.7 Å². The molecule has 1 heterocycles. The highest BCUT2D eigenvalue weighted by molar-refractivity contribution is 5.79. The van der Waals surface area contributed by atoms with E-state index in [1.165, 1.54) is 6.07 Å². The van der Waals surface area contributed by atoms with Crippen LogP contribution < -0.4 is 20.1 Å². The fourth-order valence-electron chi connectivity index (χ4n) is 2.58. The highest BCUT2D eigenvalue weighted by Crippen LogP contribution is 2.32. The van der Waals surface area contributed by atoms with Gasteiger partial charge >= 0.3 is 0 Å². The van der Waals surface area contributed by atoms with Crippen molar-refractivity contribution in [3.63, 3.8) is 0 Å². The van der Waals surface area contributed by atoms with Crippen LogP contribution in [0.4, 0.5) is 4.39 Å². The summed E-state index contributed by atoms with van der Waals surface area (Å²) in [4.78, 5) is 4.13. The van der Waals surface area contributed by atoms with Gasteiger partial charge in [-0.2, -0.15) is 5.26 Å². The van der Waals surface area contributed by atoms with Gasteiger partial charge in [0.1, 0.15) is 5.82 Å². The number of guanidine groups is 1. The summed E-state index contributed by atoms with van der Waals surface area (Å²) in [7, 11) is 1.66. The van der Waals surface area contributed by atoms with Crippen LogP contribution >= 0.6 is 0 Å². The van der Waals surface area contributed by atoms with Crippen molar-refractivity contribution >= 4 is 5.96 Å². The number of fused-ring (bicyclic) bond motifs is 1. The van der Waals surface area contributed by atoms with Crippen LogP contribution in [0, 0.1) is 17.1 Å². The molecular formula is C19H19FN4O2. The van der Waals surface area contributed by atoms with Gasteiger partial charge in [-0.3, -0.25) is 4.99 Å². The van der Waals surface area contributed by atoms with E-state index >= 15 is 0 Å². The molecule has 0 amide bonds. The molecule has 0 spiro atoms. The van der Waals surface area contributed by atoms with Crippen molar-refractivity contribution in [2.24, 2.45) is 4.99 Å². The molecular weight excluding hydrogens is 335 g/mol. The Hall–Kier alpha value is -3.27. The summed E-state index contributed by atoms with van der Waals surface area (Å²) in [5, 5.41) is 15.0. The number of aliphatic imine (C=N–C) groups is 1. The molecule has 3 rings (SSSR count). The lowest BCUT2D eigenvalue weighted by atomic mass is 10.1. The lowest BCUT2D eigenvalue weighted by Crippen LogP contribution is -2.38. The van der Waals surface area contributed by atoms with Gasteiger partial charge < -0.3 is 20.1 Å². The molecule has 0 aromatic heterocycles. The number of halogens is 1. The van der Waals surface area contributed by atoms with Gasteiger partial charge in [0.25, 0.3) is 0 Å². The van der Waals surface area contributed by atoms with Gasteiger partial charge in [-0.1, -0.05) is 12.1 Å². The number of rotatable bonds is 5. The smallest absolute Gasteiger partial charge is 0.231 e. The quantitative estimate of drug-likeness (QED) is 0.636. The molecule has 0 saturated heterocycles. The van der Waals surface area contributed by atoms with E-state index in [0.717, 1.165) is 23.5 Å². The summed E-state index contributed by atoms with van der Waals surface area (Å²) in [5.74, 6) is 1.70. The van der Waals surface area contributed by atoms with Crippen LogP contribution in [0.15, 0.2) is 41.4 Å². The maximum absolute atomic E-state index is 13.9. The van der Waals surface area contributed by atoms with Crippen LogP contribution in [0.5, 0.6) is 11.5 Å². The second-order valence-electron chi connectivity index (χ2n) is 5.71. The summed E-state index contributed by atoms with van der Waals surface area (Å²) in [6.45, 7) is 1.20. The lowest BCUT2D eigenvalue weighted by Gasteiger charge is -2.12. The van der Waals surface area contributed by atoms with E-state index in [-0.39, 0.29) is 13.3 Å². The molecule has 0 aliphatic carbocycles. The van der Waals surface area contributed by atoms with E-state index in [2.05, 4.69) is 15.6 Å². The molecule has 0 saturated carbocycles. The Morgan fingerprint density at radius 3 is 2.81 bits per heavy atom. The van der Waals surface area contributed by atoms with Crippen LogP contribution in [0.25, 0.3) is 0 Å². The summed E-state index contributed by atoms with van der Waals surface area (Å²) in [6, 6.07) is 12.2. The van der Waals surface area contributed by atoms with Crippen molar-refractivity contribution in [2.75, 3.05) is 20.4 Å². The van der Waals surface area contributed by atoms with Crippen LogP contribution in [0.3, 0.4) is 0 Å². The second kappa shape index (κ2) is 8.21. The highest BCUT2D eigenvalue weighted by atomic mass is 19.1. The highest BCUT2D eigenvalue weighted by Gasteiger charge is 2.13. The number of nitrogens with one attached hydrogen (secondary N) is 2. The van der Waals surface area contributed by atoms with Crippen LogP contribution in [0.2, 0.25) is 0 Å². The number of ether oxygens (including phenoxy) is 2. The molecule has 6 nitrogen and oxygen atoms in total. The van der Waals surface area contributed by atoms with E-state index in [0.29, 0.717) is 23.6 Å². The molecule has 2 aromatic carbocycles. The fraction of sp³-hybridized carbons (Fsp3) is 0.263. The van der Waals surface area contributed by atoms with Crippen molar-refractivity contribution in [3.8, 4) is 17.6 Å². The number of nitriles is 1. The molecule has 0 unspecified atom stereocenters. The molecule has 26 heavy (non-hydrogen) atoms. The summed E-state index contributed by atoms with van der Waals surface area (Å²) in [5.41, 5.74) is 1.90. The van der Waals surface area contributed by atoms with Crippen molar-refractivity contribution in [3.05, 3.63) is 58.9 Å². The third-order valence-electron chi connectivity index (χ3n) is 4.00. The lowest BCUT2D eigenvalue weighted by molar-refractivity contribution is 0.174.